The highest BCUT2D eigenvalue weighted by atomic mass is 16.5. The van der Waals surface area contributed by atoms with Crippen LogP contribution < -0.4 is 0 Å². The molecule has 0 saturated heterocycles. The van der Waals surface area contributed by atoms with Gasteiger partial charge in [-0.1, -0.05) is 49.4 Å². The summed E-state index contributed by atoms with van der Waals surface area (Å²) in [6.45, 7) is 2.11. The van der Waals surface area contributed by atoms with E-state index in [1.165, 1.54) is 12.7 Å². The number of nitrogens with zero attached hydrogens (tertiary/aromatic N) is 1. The van der Waals surface area contributed by atoms with Crippen LogP contribution in [0.3, 0.4) is 0 Å². The SMILES string of the molecule is CCc1ncccc1-c1ccc(-c2ccc(C(=O)OC)cc2)cc1. The van der Waals surface area contributed by atoms with Gasteiger partial charge in [-0.05, 0) is 41.3 Å². The minimum absolute atomic E-state index is 0.319. The summed E-state index contributed by atoms with van der Waals surface area (Å²) in [5.41, 5.74) is 6.17. The molecule has 2 aromatic carbocycles. The summed E-state index contributed by atoms with van der Waals surface area (Å²) in [5.74, 6) is -0.319. The average Bonchev–Trinajstić information content (AvgIpc) is 2.67. The zero-order valence-electron chi connectivity index (χ0n) is 13.8. The van der Waals surface area contributed by atoms with Crippen molar-refractivity contribution in [1.29, 1.82) is 0 Å². The van der Waals surface area contributed by atoms with E-state index < -0.39 is 0 Å². The van der Waals surface area contributed by atoms with E-state index >= 15 is 0 Å². The first-order chi connectivity index (χ1) is 11.7. The highest BCUT2D eigenvalue weighted by Gasteiger charge is 2.07. The fourth-order valence-electron chi connectivity index (χ4n) is 2.74. The van der Waals surface area contributed by atoms with E-state index in [0.29, 0.717) is 5.56 Å². The zero-order chi connectivity index (χ0) is 16.9. The van der Waals surface area contributed by atoms with E-state index in [0.717, 1.165) is 28.8 Å². The first-order valence-corrected chi connectivity index (χ1v) is 7.96. The molecule has 0 aliphatic rings. The van der Waals surface area contributed by atoms with Crippen LogP contribution in [-0.4, -0.2) is 18.1 Å². The summed E-state index contributed by atoms with van der Waals surface area (Å²) in [6, 6.07) is 19.9. The van der Waals surface area contributed by atoms with Crippen LogP contribution in [0.25, 0.3) is 22.3 Å². The van der Waals surface area contributed by atoms with E-state index in [1.54, 1.807) is 12.1 Å². The van der Waals surface area contributed by atoms with Gasteiger partial charge in [0.1, 0.15) is 0 Å². The molecule has 3 rings (SSSR count). The molecule has 0 unspecified atom stereocenters. The normalized spacial score (nSPS) is 10.4. The Morgan fingerprint density at radius 3 is 2.08 bits per heavy atom. The topological polar surface area (TPSA) is 39.2 Å². The molecule has 0 spiro atoms. The fourth-order valence-corrected chi connectivity index (χ4v) is 2.74. The number of ether oxygens (including phenoxy) is 1. The van der Waals surface area contributed by atoms with Crippen molar-refractivity contribution in [3.05, 3.63) is 78.1 Å². The van der Waals surface area contributed by atoms with Crippen molar-refractivity contribution >= 4 is 5.97 Å². The Balaban J connectivity index is 1.88. The Bertz CT molecular complexity index is 836. The second-order valence-electron chi connectivity index (χ2n) is 5.50. The van der Waals surface area contributed by atoms with E-state index in [-0.39, 0.29) is 5.97 Å². The summed E-state index contributed by atoms with van der Waals surface area (Å²) in [6.07, 6.45) is 2.74. The third-order valence-electron chi connectivity index (χ3n) is 4.06. The molecule has 0 bridgehead atoms. The average molecular weight is 317 g/mol. The number of hydrogen-bond acceptors (Lipinski definition) is 3. The van der Waals surface area contributed by atoms with Crippen LogP contribution in [0.5, 0.6) is 0 Å². The lowest BCUT2D eigenvalue weighted by atomic mass is 9.98. The fraction of sp³-hybridized carbons (Fsp3) is 0.143. The molecule has 0 amide bonds. The van der Waals surface area contributed by atoms with Gasteiger partial charge in [0.25, 0.3) is 0 Å². The van der Waals surface area contributed by atoms with Gasteiger partial charge in [-0.25, -0.2) is 4.79 Å². The predicted octanol–water partition coefficient (Wildman–Crippen LogP) is 4.76. The van der Waals surface area contributed by atoms with Crippen molar-refractivity contribution < 1.29 is 9.53 Å². The molecular weight excluding hydrogens is 298 g/mol. The van der Waals surface area contributed by atoms with Gasteiger partial charge in [-0.3, -0.25) is 4.98 Å². The molecule has 0 N–H and O–H groups in total. The van der Waals surface area contributed by atoms with Crippen LogP contribution in [0, 0.1) is 0 Å². The van der Waals surface area contributed by atoms with Gasteiger partial charge in [0.2, 0.25) is 0 Å². The predicted molar refractivity (Wildman–Crippen MR) is 95.8 cm³/mol. The Morgan fingerprint density at radius 1 is 0.917 bits per heavy atom. The second-order valence-corrected chi connectivity index (χ2v) is 5.50. The Labute approximate surface area is 142 Å². The minimum Gasteiger partial charge on any atom is -0.465 e. The van der Waals surface area contributed by atoms with Crippen molar-refractivity contribution in [2.24, 2.45) is 0 Å². The third kappa shape index (κ3) is 3.20. The molecular formula is C21H19NO2. The molecule has 24 heavy (non-hydrogen) atoms. The van der Waals surface area contributed by atoms with Crippen molar-refractivity contribution in [2.75, 3.05) is 7.11 Å². The largest absolute Gasteiger partial charge is 0.465 e. The van der Waals surface area contributed by atoms with Gasteiger partial charge in [0, 0.05) is 17.5 Å². The Morgan fingerprint density at radius 2 is 1.50 bits per heavy atom. The van der Waals surface area contributed by atoms with Gasteiger partial charge < -0.3 is 4.74 Å². The monoisotopic (exact) mass is 317 g/mol. The van der Waals surface area contributed by atoms with Gasteiger partial charge in [0.05, 0.1) is 12.7 Å². The number of benzene rings is 2. The van der Waals surface area contributed by atoms with Gasteiger partial charge >= 0.3 is 5.97 Å². The molecule has 0 saturated carbocycles. The second kappa shape index (κ2) is 7.09. The van der Waals surface area contributed by atoms with Crippen LogP contribution in [0.2, 0.25) is 0 Å². The van der Waals surface area contributed by atoms with Crippen LogP contribution in [-0.2, 0) is 11.2 Å². The molecule has 0 fully saturated rings. The number of esters is 1. The quantitative estimate of drug-likeness (QED) is 0.651. The van der Waals surface area contributed by atoms with Gasteiger partial charge in [-0.15, -0.1) is 0 Å². The molecule has 0 radical (unpaired) electrons. The zero-order valence-corrected chi connectivity index (χ0v) is 13.8. The molecule has 0 aliphatic heterocycles. The number of hydrogen-bond donors (Lipinski definition) is 0. The van der Waals surface area contributed by atoms with Gasteiger partial charge in [0.15, 0.2) is 0 Å². The van der Waals surface area contributed by atoms with Crippen molar-refractivity contribution in [3.8, 4) is 22.3 Å². The van der Waals surface area contributed by atoms with Crippen molar-refractivity contribution in [3.63, 3.8) is 0 Å². The first kappa shape index (κ1) is 15.9. The first-order valence-electron chi connectivity index (χ1n) is 7.96. The highest BCUT2D eigenvalue weighted by molar-refractivity contribution is 5.90. The number of carbonyl (C=O) groups is 1. The van der Waals surface area contributed by atoms with Gasteiger partial charge in [-0.2, -0.15) is 0 Å². The van der Waals surface area contributed by atoms with E-state index in [9.17, 15) is 4.79 Å². The molecule has 0 aliphatic carbocycles. The number of rotatable bonds is 4. The minimum atomic E-state index is -0.319. The maximum Gasteiger partial charge on any atom is 0.337 e. The number of pyridine rings is 1. The van der Waals surface area contributed by atoms with E-state index in [2.05, 4.69) is 42.2 Å². The molecule has 1 heterocycles. The summed E-state index contributed by atoms with van der Waals surface area (Å²) in [4.78, 5) is 15.9. The van der Waals surface area contributed by atoms with Crippen LogP contribution >= 0.6 is 0 Å². The lowest BCUT2D eigenvalue weighted by molar-refractivity contribution is 0.0601. The van der Waals surface area contributed by atoms with E-state index in [1.807, 2.05) is 24.4 Å². The smallest absolute Gasteiger partial charge is 0.337 e. The molecule has 3 aromatic rings. The lowest BCUT2D eigenvalue weighted by Crippen LogP contribution is -2.00. The molecule has 3 nitrogen and oxygen atoms in total. The van der Waals surface area contributed by atoms with E-state index in [4.69, 9.17) is 4.74 Å². The number of methoxy groups -OCH3 is 1. The highest BCUT2D eigenvalue weighted by Crippen LogP contribution is 2.27. The summed E-state index contributed by atoms with van der Waals surface area (Å²) >= 11 is 0. The Kier molecular flexibility index (Phi) is 4.71. The summed E-state index contributed by atoms with van der Waals surface area (Å²) in [7, 11) is 1.39. The number of carbonyl (C=O) groups excluding carboxylic acids is 1. The van der Waals surface area contributed by atoms with Crippen LogP contribution in [0.15, 0.2) is 66.9 Å². The maximum absolute atomic E-state index is 11.5. The number of aromatic nitrogens is 1. The lowest BCUT2D eigenvalue weighted by Gasteiger charge is -2.08. The Hall–Kier alpha value is -2.94. The molecule has 120 valence electrons. The number of aryl methyl sites for hydroxylation is 1. The molecule has 3 heteroatoms. The summed E-state index contributed by atoms with van der Waals surface area (Å²) < 4.78 is 4.72. The standard InChI is InChI=1S/C21H19NO2/c1-3-20-19(5-4-14-22-20)17-10-6-15(7-11-17)16-8-12-18(13-9-16)21(23)24-2/h4-14H,3H2,1-2H3. The maximum atomic E-state index is 11.5. The van der Waals surface area contributed by atoms with Crippen LogP contribution in [0.4, 0.5) is 0 Å². The van der Waals surface area contributed by atoms with Crippen LogP contribution in [0.1, 0.15) is 23.0 Å². The molecule has 0 atom stereocenters. The van der Waals surface area contributed by atoms with Crippen molar-refractivity contribution in [1.82, 2.24) is 4.98 Å². The van der Waals surface area contributed by atoms with Crippen molar-refractivity contribution in [2.45, 2.75) is 13.3 Å². The summed E-state index contributed by atoms with van der Waals surface area (Å²) in [5, 5.41) is 0. The molecule has 1 aromatic heterocycles. The third-order valence-corrected chi connectivity index (χ3v) is 4.06.